The summed E-state index contributed by atoms with van der Waals surface area (Å²) in [7, 11) is 0. The van der Waals surface area contributed by atoms with Gasteiger partial charge in [0.1, 0.15) is 0 Å². The van der Waals surface area contributed by atoms with E-state index in [0.717, 1.165) is 5.56 Å². The predicted molar refractivity (Wildman–Crippen MR) is 112 cm³/mol. The van der Waals surface area contributed by atoms with Crippen LogP contribution >= 0.6 is 0 Å². The Morgan fingerprint density at radius 2 is 1.93 bits per heavy atom. The number of carbonyl (C=O) groups is 1. The van der Waals surface area contributed by atoms with Crippen LogP contribution in [0.3, 0.4) is 0 Å². The maximum atomic E-state index is 12.7. The van der Waals surface area contributed by atoms with E-state index in [2.05, 4.69) is 15.5 Å². The number of aliphatic hydroxyl groups excluding tert-OH is 1. The molecule has 29 heavy (non-hydrogen) atoms. The SMILES string of the molecule is CC(c1cccc(C(=O)c2ccccc2)c1)c1cc(NC(N)=NCCCO)on1. The first-order valence-corrected chi connectivity index (χ1v) is 9.42. The highest BCUT2D eigenvalue weighted by molar-refractivity contribution is 6.09. The number of nitrogens with two attached hydrogens (primary N) is 1. The number of hydrogen-bond donors (Lipinski definition) is 3. The van der Waals surface area contributed by atoms with E-state index in [9.17, 15) is 4.79 Å². The van der Waals surface area contributed by atoms with E-state index < -0.39 is 0 Å². The van der Waals surface area contributed by atoms with Crippen molar-refractivity contribution >= 4 is 17.6 Å². The van der Waals surface area contributed by atoms with Crippen LogP contribution < -0.4 is 11.1 Å². The van der Waals surface area contributed by atoms with E-state index in [4.69, 9.17) is 15.4 Å². The number of hydrogen-bond acceptors (Lipinski definition) is 5. The molecule has 1 aromatic heterocycles. The van der Waals surface area contributed by atoms with Crippen molar-refractivity contribution in [2.45, 2.75) is 19.3 Å². The van der Waals surface area contributed by atoms with Crippen molar-refractivity contribution in [1.29, 1.82) is 0 Å². The lowest BCUT2D eigenvalue weighted by atomic mass is 9.94. The van der Waals surface area contributed by atoms with Gasteiger partial charge in [-0.25, -0.2) is 0 Å². The Labute approximate surface area is 169 Å². The van der Waals surface area contributed by atoms with Crippen LogP contribution in [0.5, 0.6) is 0 Å². The van der Waals surface area contributed by atoms with Crippen molar-refractivity contribution in [3.63, 3.8) is 0 Å². The summed E-state index contributed by atoms with van der Waals surface area (Å²) in [6.07, 6.45) is 0.541. The number of aliphatic hydroxyl groups is 1. The van der Waals surface area contributed by atoms with Gasteiger partial charge in [0.05, 0.1) is 5.69 Å². The molecule has 0 fully saturated rings. The second kappa shape index (κ2) is 9.66. The number of rotatable bonds is 8. The number of anilines is 1. The maximum Gasteiger partial charge on any atom is 0.231 e. The van der Waals surface area contributed by atoms with Crippen LogP contribution in [-0.4, -0.2) is 35.2 Å². The standard InChI is InChI=1S/C22H24N4O3/c1-15(19-14-20(29-26-19)25-22(23)24-11-6-12-27)17-9-5-10-18(13-17)21(28)16-7-3-2-4-8-16/h2-5,7-10,13-15,27H,6,11-12H2,1H3,(H3,23,24,25). The lowest BCUT2D eigenvalue weighted by Crippen LogP contribution is -2.22. The summed E-state index contributed by atoms with van der Waals surface area (Å²) in [6, 6.07) is 18.5. The molecule has 0 saturated heterocycles. The Bertz CT molecular complexity index is 982. The molecule has 0 saturated carbocycles. The summed E-state index contributed by atoms with van der Waals surface area (Å²) in [5.41, 5.74) is 8.73. The molecule has 3 rings (SSSR count). The van der Waals surface area contributed by atoms with Crippen molar-refractivity contribution in [2.75, 3.05) is 18.5 Å². The lowest BCUT2D eigenvalue weighted by Gasteiger charge is -2.10. The van der Waals surface area contributed by atoms with Gasteiger partial charge < -0.3 is 15.4 Å². The number of aromatic nitrogens is 1. The molecule has 7 nitrogen and oxygen atoms in total. The second-order valence-corrected chi connectivity index (χ2v) is 6.63. The molecular weight excluding hydrogens is 368 g/mol. The quantitative estimate of drug-likeness (QED) is 0.235. The fourth-order valence-electron chi connectivity index (χ4n) is 2.86. The molecule has 3 aromatic rings. The Balaban J connectivity index is 1.73. The minimum Gasteiger partial charge on any atom is -0.396 e. The number of nitrogens with one attached hydrogen (secondary N) is 1. The van der Waals surface area contributed by atoms with Crippen molar-refractivity contribution < 1.29 is 14.4 Å². The van der Waals surface area contributed by atoms with Crippen LogP contribution in [0.25, 0.3) is 0 Å². The van der Waals surface area contributed by atoms with Gasteiger partial charge >= 0.3 is 0 Å². The van der Waals surface area contributed by atoms with E-state index in [1.54, 1.807) is 18.2 Å². The van der Waals surface area contributed by atoms with E-state index in [0.29, 0.717) is 35.7 Å². The lowest BCUT2D eigenvalue weighted by molar-refractivity contribution is 0.103. The van der Waals surface area contributed by atoms with Crippen LogP contribution in [0.2, 0.25) is 0 Å². The summed E-state index contributed by atoms with van der Waals surface area (Å²) in [4.78, 5) is 16.8. The molecule has 4 N–H and O–H groups in total. The number of guanidine groups is 1. The molecule has 1 unspecified atom stereocenters. The summed E-state index contributed by atoms with van der Waals surface area (Å²) in [5, 5.41) is 15.7. The molecule has 1 atom stereocenters. The number of ketones is 1. The average molecular weight is 392 g/mol. The number of carbonyl (C=O) groups excluding carboxylic acids is 1. The summed E-state index contributed by atoms with van der Waals surface area (Å²) >= 11 is 0. The highest BCUT2D eigenvalue weighted by Gasteiger charge is 2.16. The van der Waals surface area contributed by atoms with Gasteiger partial charge in [-0.05, 0) is 18.1 Å². The summed E-state index contributed by atoms with van der Waals surface area (Å²) < 4.78 is 5.29. The van der Waals surface area contributed by atoms with Gasteiger partial charge in [0, 0.05) is 36.3 Å². The van der Waals surface area contributed by atoms with Gasteiger partial charge in [0.25, 0.3) is 0 Å². The number of nitrogens with zero attached hydrogens (tertiary/aromatic N) is 2. The first-order chi connectivity index (χ1) is 14.1. The smallest absolute Gasteiger partial charge is 0.231 e. The summed E-state index contributed by atoms with van der Waals surface area (Å²) in [6.45, 7) is 2.48. The molecule has 7 heteroatoms. The highest BCUT2D eigenvalue weighted by atomic mass is 16.5. The van der Waals surface area contributed by atoms with Gasteiger partial charge in [-0.3, -0.25) is 15.1 Å². The highest BCUT2D eigenvalue weighted by Crippen LogP contribution is 2.26. The molecule has 150 valence electrons. The molecule has 1 heterocycles. The normalized spacial score (nSPS) is 12.6. The molecular formula is C22H24N4O3. The van der Waals surface area contributed by atoms with Gasteiger partial charge in [-0.1, -0.05) is 60.6 Å². The second-order valence-electron chi connectivity index (χ2n) is 6.63. The fourth-order valence-corrected chi connectivity index (χ4v) is 2.86. The van der Waals surface area contributed by atoms with Gasteiger partial charge in [0.15, 0.2) is 11.7 Å². The molecule has 0 aliphatic rings. The third-order valence-corrected chi connectivity index (χ3v) is 4.51. The molecule has 0 amide bonds. The summed E-state index contributed by atoms with van der Waals surface area (Å²) in [5.74, 6) is 0.484. The van der Waals surface area contributed by atoms with Gasteiger partial charge in [-0.2, -0.15) is 0 Å². The van der Waals surface area contributed by atoms with Gasteiger partial charge in [0.2, 0.25) is 5.88 Å². The molecule has 0 aliphatic heterocycles. The van der Waals surface area contributed by atoms with Crippen LogP contribution in [0.15, 0.2) is 70.2 Å². The molecule has 0 aliphatic carbocycles. The first kappa shape index (κ1) is 20.3. The molecule has 0 radical (unpaired) electrons. The zero-order valence-corrected chi connectivity index (χ0v) is 16.2. The fraction of sp³-hybridized carbons (Fsp3) is 0.227. The monoisotopic (exact) mass is 392 g/mol. The zero-order chi connectivity index (χ0) is 20.6. The van der Waals surface area contributed by atoms with Crippen LogP contribution in [0.1, 0.15) is 46.4 Å². The Kier molecular flexibility index (Phi) is 6.76. The van der Waals surface area contributed by atoms with E-state index in [1.807, 2.05) is 49.4 Å². The topological polar surface area (TPSA) is 114 Å². The first-order valence-electron chi connectivity index (χ1n) is 9.42. The molecule has 0 bridgehead atoms. The third-order valence-electron chi connectivity index (χ3n) is 4.51. The predicted octanol–water partition coefficient (Wildman–Crippen LogP) is 3.17. The van der Waals surface area contributed by atoms with E-state index >= 15 is 0 Å². The largest absolute Gasteiger partial charge is 0.396 e. The van der Waals surface area contributed by atoms with Crippen LogP contribution in [-0.2, 0) is 0 Å². The molecule has 2 aromatic carbocycles. The third kappa shape index (κ3) is 5.30. The van der Waals surface area contributed by atoms with E-state index in [-0.39, 0.29) is 24.3 Å². The van der Waals surface area contributed by atoms with E-state index in [1.165, 1.54) is 0 Å². The van der Waals surface area contributed by atoms with Crippen molar-refractivity contribution in [1.82, 2.24) is 5.16 Å². The van der Waals surface area contributed by atoms with Crippen molar-refractivity contribution in [2.24, 2.45) is 10.7 Å². The Morgan fingerprint density at radius 1 is 1.17 bits per heavy atom. The Hall–Kier alpha value is -3.45. The molecule has 0 spiro atoms. The van der Waals surface area contributed by atoms with Crippen LogP contribution in [0.4, 0.5) is 5.88 Å². The maximum absolute atomic E-state index is 12.7. The van der Waals surface area contributed by atoms with Crippen LogP contribution in [0, 0.1) is 0 Å². The van der Waals surface area contributed by atoms with Crippen molar-refractivity contribution in [3.8, 4) is 0 Å². The zero-order valence-electron chi connectivity index (χ0n) is 16.2. The number of benzene rings is 2. The minimum absolute atomic E-state index is 0.0194. The minimum atomic E-state index is -0.0784. The Morgan fingerprint density at radius 3 is 2.69 bits per heavy atom. The van der Waals surface area contributed by atoms with Crippen molar-refractivity contribution in [3.05, 3.63) is 83.0 Å². The van der Waals surface area contributed by atoms with Gasteiger partial charge in [-0.15, -0.1) is 0 Å². The number of aliphatic imine (C=N–C) groups is 1. The average Bonchev–Trinajstić information content (AvgIpc) is 3.22.